The molecule has 0 amide bonds. The van der Waals surface area contributed by atoms with Crippen molar-refractivity contribution in [1.29, 1.82) is 0 Å². The highest BCUT2D eigenvalue weighted by atomic mass is 32.2. The molecule has 158 valence electrons. The standard InChI is InChI=1S/C23H26N2O4S/c1-28-23(17-30-20-8-6-19(7-9-20)25(26)27)11-14-24(15-12-23)13-10-18-16-29-22-5-3-2-4-21(18)22/h2-9,16H,10-15,17H2,1H3. The molecule has 0 spiro atoms. The SMILES string of the molecule is COC1(CSc2ccc([N+](=O)[O-])cc2)CCN(CCc2coc3ccccc23)CC1. The van der Waals surface area contributed by atoms with Crippen molar-refractivity contribution in [3.63, 3.8) is 0 Å². The number of piperidine rings is 1. The number of fused-ring (bicyclic) bond motifs is 1. The van der Waals surface area contributed by atoms with E-state index in [4.69, 9.17) is 9.15 Å². The van der Waals surface area contributed by atoms with E-state index in [0.29, 0.717) is 0 Å². The van der Waals surface area contributed by atoms with Crippen LogP contribution in [-0.2, 0) is 11.2 Å². The van der Waals surface area contributed by atoms with E-state index >= 15 is 0 Å². The van der Waals surface area contributed by atoms with Crippen molar-refractivity contribution in [3.05, 3.63) is 70.5 Å². The molecule has 7 heteroatoms. The lowest BCUT2D eigenvalue weighted by molar-refractivity contribution is -0.384. The van der Waals surface area contributed by atoms with E-state index in [1.54, 1.807) is 31.0 Å². The largest absolute Gasteiger partial charge is 0.464 e. The van der Waals surface area contributed by atoms with Crippen molar-refractivity contribution in [1.82, 2.24) is 4.90 Å². The fraction of sp³-hybridized carbons (Fsp3) is 0.391. The van der Waals surface area contributed by atoms with Gasteiger partial charge in [-0.3, -0.25) is 10.1 Å². The number of para-hydroxylation sites is 1. The maximum absolute atomic E-state index is 10.8. The predicted octanol–water partition coefficient (Wildman–Crippen LogP) is 5.16. The molecule has 6 nitrogen and oxygen atoms in total. The Hall–Kier alpha value is -2.35. The maximum Gasteiger partial charge on any atom is 0.269 e. The Morgan fingerprint density at radius 1 is 1.17 bits per heavy atom. The van der Waals surface area contributed by atoms with E-state index in [1.165, 1.54) is 10.9 Å². The molecule has 30 heavy (non-hydrogen) atoms. The van der Waals surface area contributed by atoms with Crippen LogP contribution < -0.4 is 0 Å². The van der Waals surface area contributed by atoms with Gasteiger partial charge >= 0.3 is 0 Å². The molecule has 4 rings (SSSR count). The number of ether oxygens (including phenoxy) is 1. The van der Waals surface area contributed by atoms with Crippen LogP contribution in [0.15, 0.2) is 64.1 Å². The average Bonchev–Trinajstić information content (AvgIpc) is 3.20. The summed E-state index contributed by atoms with van der Waals surface area (Å²) in [7, 11) is 1.80. The summed E-state index contributed by atoms with van der Waals surface area (Å²) >= 11 is 1.71. The third-order valence-corrected chi connectivity index (χ3v) is 7.28. The second kappa shape index (κ2) is 9.20. The van der Waals surface area contributed by atoms with E-state index in [0.717, 1.165) is 55.1 Å². The summed E-state index contributed by atoms with van der Waals surface area (Å²) in [5, 5.41) is 12.0. The van der Waals surface area contributed by atoms with Gasteiger partial charge in [0.15, 0.2) is 0 Å². The number of furan rings is 1. The van der Waals surface area contributed by atoms with Gasteiger partial charge in [0.2, 0.25) is 0 Å². The van der Waals surface area contributed by atoms with Crippen LogP contribution in [0.2, 0.25) is 0 Å². The number of nitro benzene ring substituents is 1. The number of likely N-dealkylation sites (tertiary alicyclic amines) is 1. The van der Waals surface area contributed by atoms with Crippen molar-refractivity contribution in [3.8, 4) is 0 Å². The molecule has 2 heterocycles. The summed E-state index contributed by atoms with van der Waals surface area (Å²) in [6.07, 6.45) is 4.83. The Morgan fingerprint density at radius 2 is 1.90 bits per heavy atom. The first kappa shape index (κ1) is 20.9. The zero-order valence-corrected chi connectivity index (χ0v) is 17.9. The Kier molecular flexibility index (Phi) is 6.41. The fourth-order valence-corrected chi connectivity index (χ4v) is 5.14. The number of thioether (sulfide) groups is 1. The van der Waals surface area contributed by atoms with Crippen molar-refractivity contribution >= 4 is 28.4 Å². The van der Waals surface area contributed by atoms with E-state index in [9.17, 15) is 10.1 Å². The third-order valence-electron chi connectivity index (χ3n) is 6.01. The molecule has 0 atom stereocenters. The lowest BCUT2D eigenvalue weighted by Crippen LogP contribution is -2.47. The number of hydrogen-bond acceptors (Lipinski definition) is 6. The average molecular weight is 427 g/mol. The number of hydrogen-bond donors (Lipinski definition) is 0. The first-order valence-electron chi connectivity index (χ1n) is 10.2. The Bertz CT molecular complexity index is 994. The summed E-state index contributed by atoms with van der Waals surface area (Å²) in [4.78, 5) is 14.0. The van der Waals surface area contributed by atoms with Gasteiger partial charge in [-0.25, -0.2) is 0 Å². The van der Waals surface area contributed by atoms with E-state index in [-0.39, 0.29) is 16.2 Å². The van der Waals surface area contributed by atoms with Gasteiger partial charge < -0.3 is 14.1 Å². The van der Waals surface area contributed by atoms with Crippen molar-refractivity contribution in [2.75, 3.05) is 32.5 Å². The molecule has 0 saturated carbocycles. The van der Waals surface area contributed by atoms with Crippen LogP contribution >= 0.6 is 11.8 Å². The molecule has 1 saturated heterocycles. The number of nitro groups is 1. The first-order valence-corrected chi connectivity index (χ1v) is 11.2. The zero-order valence-electron chi connectivity index (χ0n) is 17.1. The molecule has 1 aliphatic heterocycles. The molecule has 0 N–H and O–H groups in total. The number of nitrogens with zero attached hydrogens (tertiary/aromatic N) is 2. The summed E-state index contributed by atoms with van der Waals surface area (Å²) in [5.41, 5.74) is 2.20. The molecule has 1 fully saturated rings. The molecule has 0 radical (unpaired) electrons. The summed E-state index contributed by atoms with van der Waals surface area (Å²) in [6, 6.07) is 14.9. The number of benzene rings is 2. The quantitative estimate of drug-likeness (QED) is 0.282. The molecule has 3 aromatic rings. The lowest BCUT2D eigenvalue weighted by atomic mass is 9.93. The second-order valence-electron chi connectivity index (χ2n) is 7.78. The Balaban J connectivity index is 1.28. The van der Waals surface area contributed by atoms with E-state index < -0.39 is 0 Å². The lowest BCUT2D eigenvalue weighted by Gasteiger charge is -2.40. The molecule has 1 aromatic heterocycles. The number of rotatable bonds is 8. The van der Waals surface area contributed by atoms with Gasteiger partial charge in [0.05, 0.1) is 16.8 Å². The van der Waals surface area contributed by atoms with Gasteiger partial charge in [-0.15, -0.1) is 11.8 Å². The van der Waals surface area contributed by atoms with Crippen molar-refractivity contribution < 1.29 is 14.1 Å². The van der Waals surface area contributed by atoms with Crippen molar-refractivity contribution in [2.45, 2.75) is 29.8 Å². The molecular formula is C23H26N2O4S. The Morgan fingerprint density at radius 3 is 2.60 bits per heavy atom. The number of non-ortho nitro benzene ring substituents is 1. The van der Waals surface area contributed by atoms with Gasteiger partial charge in [0, 0.05) is 54.9 Å². The van der Waals surface area contributed by atoms with Gasteiger partial charge in [-0.1, -0.05) is 18.2 Å². The normalized spacial score (nSPS) is 16.7. The first-order chi connectivity index (χ1) is 14.6. The molecule has 0 bridgehead atoms. The van der Waals surface area contributed by atoms with Gasteiger partial charge in [-0.2, -0.15) is 0 Å². The van der Waals surface area contributed by atoms with E-state index in [1.807, 2.05) is 30.5 Å². The van der Waals surface area contributed by atoms with Crippen LogP contribution in [0.5, 0.6) is 0 Å². The maximum atomic E-state index is 10.8. The van der Waals surface area contributed by atoms with Crippen molar-refractivity contribution in [2.24, 2.45) is 0 Å². The van der Waals surface area contributed by atoms with Gasteiger partial charge in [0.25, 0.3) is 5.69 Å². The van der Waals surface area contributed by atoms with Gasteiger partial charge in [-0.05, 0) is 43.0 Å². The Labute approximate surface area is 180 Å². The molecule has 0 unspecified atom stereocenters. The zero-order chi connectivity index (χ0) is 21.0. The minimum atomic E-state index is -0.368. The number of methoxy groups -OCH3 is 1. The topological polar surface area (TPSA) is 68.8 Å². The minimum Gasteiger partial charge on any atom is -0.464 e. The third kappa shape index (κ3) is 4.69. The van der Waals surface area contributed by atoms with Crippen LogP contribution in [0.25, 0.3) is 11.0 Å². The van der Waals surface area contributed by atoms with E-state index in [2.05, 4.69) is 17.0 Å². The summed E-state index contributed by atoms with van der Waals surface area (Å²) in [5.74, 6) is 0.849. The molecular weight excluding hydrogens is 400 g/mol. The van der Waals surface area contributed by atoms with Crippen LogP contribution in [0.4, 0.5) is 5.69 Å². The molecule has 1 aliphatic rings. The van der Waals surface area contributed by atoms with Crippen LogP contribution in [0.1, 0.15) is 18.4 Å². The second-order valence-corrected chi connectivity index (χ2v) is 8.82. The van der Waals surface area contributed by atoms with Crippen LogP contribution in [-0.4, -0.2) is 47.9 Å². The summed E-state index contributed by atoms with van der Waals surface area (Å²) < 4.78 is 11.6. The highest BCUT2D eigenvalue weighted by Crippen LogP contribution is 2.33. The monoisotopic (exact) mass is 426 g/mol. The predicted molar refractivity (Wildman–Crippen MR) is 119 cm³/mol. The minimum absolute atomic E-state index is 0.125. The summed E-state index contributed by atoms with van der Waals surface area (Å²) in [6.45, 7) is 3.02. The highest BCUT2D eigenvalue weighted by molar-refractivity contribution is 7.99. The van der Waals surface area contributed by atoms with Crippen LogP contribution in [0, 0.1) is 10.1 Å². The van der Waals surface area contributed by atoms with Crippen LogP contribution in [0.3, 0.4) is 0 Å². The molecule has 2 aromatic carbocycles. The molecule has 0 aliphatic carbocycles. The highest BCUT2D eigenvalue weighted by Gasteiger charge is 2.34. The van der Waals surface area contributed by atoms with Gasteiger partial charge in [0.1, 0.15) is 5.58 Å². The smallest absolute Gasteiger partial charge is 0.269 e. The fourth-order valence-electron chi connectivity index (χ4n) is 3.98.